The van der Waals surface area contributed by atoms with E-state index >= 15 is 0 Å². The normalized spacial score (nSPS) is 14.4. The summed E-state index contributed by atoms with van der Waals surface area (Å²) in [4.78, 5) is 37.2. The second-order valence-electron chi connectivity index (χ2n) is 9.21. The van der Waals surface area contributed by atoms with E-state index in [0.29, 0.717) is 17.8 Å². The molecule has 3 heterocycles. The highest BCUT2D eigenvalue weighted by molar-refractivity contribution is 5.81. The van der Waals surface area contributed by atoms with E-state index < -0.39 is 11.9 Å². The molecule has 0 radical (unpaired) electrons. The molecule has 2 aromatic heterocycles. The van der Waals surface area contributed by atoms with Crippen LogP contribution in [0.5, 0.6) is 0 Å². The highest BCUT2D eigenvalue weighted by Crippen LogP contribution is 2.30. The van der Waals surface area contributed by atoms with E-state index in [0.717, 1.165) is 43.7 Å². The van der Waals surface area contributed by atoms with Crippen molar-refractivity contribution in [3.05, 3.63) is 47.2 Å². The minimum Gasteiger partial charge on any atom is -0.481 e. The van der Waals surface area contributed by atoms with Crippen molar-refractivity contribution < 1.29 is 14.7 Å². The van der Waals surface area contributed by atoms with Crippen molar-refractivity contribution >= 4 is 17.6 Å². The van der Waals surface area contributed by atoms with Crippen molar-refractivity contribution in [2.24, 2.45) is 5.41 Å². The van der Waals surface area contributed by atoms with Gasteiger partial charge < -0.3 is 10.4 Å². The number of pyridine rings is 1. The summed E-state index contributed by atoms with van der Waals surface area (Å²) in [7, 11) is 0. The summed E-state index contributed by atoms with van der Waals surface area (Å²) in [6, 6.07) is 4.24. The summed E-state index contributed by atoms with van der Waals surface area (Å²) in [5, 5.41) is 12.9. The van der Waals surface area contributed by atoms with Gasteiger partial charge in [-0.3, -0.25) is 9.59 Å². The Labute approximate surface area is 183 Å². The number of carbonyl (C=O) groups is 2. The van der Waals surface area contributed by atoms with Crippen LogP contribution < -0.4 is 5.32 Å². The first-order chi connectivity index (χ1) is 14.7. The monoisotopic (exact) mass is 424 g/mol. The lowest BCUT2D eigenvalue weighted by Crippen LogP contribution is -2.20. The van der Waals surface area contributed by atoms with Crippen LogP contribution in [0, 0.1) is 12.3 Å². The lowest BCUT2D eigenvalue weighted by Gasteiger charge is -2.24. The van der Waals surface area contributed by atoms with Crippen molar-refractivity contribution in [3.8, 4) is 0 Å². The standard InChI is InChI=1S/C24H32N4O3/c1-16-26-14-18(15-27-16)21(23(30)31)9-8-20(29)13-24(2,3)11-10-19-7-6-17-5-4-12-25-22(17)28-19/h6-7,14-15,21H,4-5,8-13H2,1-3H3,(H,25,28)(H,30,31)/t21-/m1/s1. The number of anilines is 1. The molecule has 0 aromatic carbocycles. The number of fused-ring (bicyclic) bond motifs is 1. The molecule has 166 valence electrons. The minimum atomic E-state index is -0.952. The molecular weight excluding hydrogens is 392 g/mol. The van der Waals surface area contributed by atoms with E-state index in [4.69, 9.17) is 4.98 Å². The third-order valence-electron chi connectivity index (χ3n) is 5.90. The molecule has 0 fully saturated rings. The van der Waals surface area contributed by atoms with E-state index in [9.17, 15) is 14.7 Å². The number of nitrogens with one attached hydrogen (secondary N) is 1. The topological polar surface area (TPSA) is 105 Å². The largest absolute Gasteiger partial charge is 0.481 e. The summed E-state index contributed by atoms with van der Waals surface area (Å²) in [6.45, 7) is 6.89. The van der Waals surface area contributed by atoms with Crippen LogP contribution in [0.15, 0.2) is 24.5 Å². The van der Waals surface area contributed by atoms with Gasteiger partial charge in [-0.05, 0) is 56.1 Å². The van der Waals surface area contributed by atoms with Crippen molar-refractivity contribution in [3.63, 3.8) is 0 Å². The number of ketones is 1. The number of aromatic nitrogens is 3. The molecule has 1 aliphatic rings. The predicted molar refractivity (Wildman–Crippen MR) is 119 cm³/mol. The summed E-state index contributed by atoms with van der Waals surface area (Å²) in [6.07, 6.45) is 7.86. The second-order valence-corrected chi connectivity index (χ2v) is 9.21. The average molecular weight is 425 g/mol. The Hall–Kier alpha value is -2.83. The zero-order valence-electron chi connectivity index (χ0n) is 18.6. The Balaban J connectivity index is 1.51. The Bertz CT molecular complexity index is 925. The molecule has 0 saturated heterocycles. The molecule has 3 rings (SSSR count). The van der Waals surface area contributed by atoms with Crippen LogP contribution in [0.2, 0.25) is 0 Å². The molecule has 0 spiro atoms. The minimum absolute atomic E-state index is 0.0874. The van der Waals surface area contributed by atoms with Gasteiger partial charge >= 0.3 is 5.97 Å². The van der Waals surface area contributed by atoms with Gasteiger partial charge in [0.15, 0.2) is 0 Å². The predicted octanol–water partition coefficient (Wildman–Crippen LogP) is 4.10. The number of Topliss-reactive ketones (excluding diaryl/α,β-unsaturated/α-hetero) is 1. The van der Waals surface area contributed by atoms with Crippen molar-refractivity contribution in [1.82, 2.24) is 15.0 Å². The average Bonchev–Trinajstić information content (AvgIpc) is 2.73. The third-order valence-corrected chi connectivity index (χ3v) is 5.90. The summed E-state index contributed by atoms with van der Waals surface area (Å²) in [5.41, 5.74) is 2.68. The van der Waals surface area contributed by atoms with Gasteiger partial charge in [-0.2, -0.15) is 0 Å². The maximum Gasteiger partial charge on any atom is 0.311 e. The van der Waals surface area contributed by atoms with E-state index in [1.54, 1.807) is 6.92 Å². The zero-order chi connectivity index (χ0) is 22.4. The number of aryl methyl sites for hydroxylation is 3. The SMILES string of the molecule is Cc1ncc([C@@H](CCC(=O)CC(C)(C)CCc2ccc3c(n2)NCCC3)C(=O)O)cn1. The lowest BCUT2D eigenvalue weighted by atomic mass is 9.81. The van der Waals surface area contributed by atoms with Gasteiger partial charge in [0.25, 0.3) is 0 Å². The van der Waals surface area contributed by atoms with Crippen molar-refractivity contribution in [2.75, 3.05) is 11.9 Å². The third kappa shape index (κ3) is 6.57. The van der Waals surface area contributed by atoms with E-state index in [1.807, 2.05) is 0 Å². The van der Waals surface area contributed by atoms with Crippen LogP contribution in [0.3, 0.4) is 0 Å². The first kappa shape index (κ1) is 22.8. The fourth-order valence-electron chi connectivity index (χ4n) is 4.01. The number of carboxylic acid groups (broad SMARTS) is 1. The Morgan fingerprint density at radius 1 is 1.23 bits per heavy atom. The van der Waals surface area contributed by atoms with E-state index in [2.05, 4.69) is 41.3 Å². The smallest absolute Gasteiger partial charge is 0.311 e. The van der Waals surface area contributed by atoms with Crippen LogP contribution in [-0.2, 0) is 22.4 Å². The molecule has 2 N–H and O–H groups in total. The summed E-state index contributed by atoms with van der Waals surface area (Å²) in [5.74, 6) is -0.0387. The van der Waals surface area contributed by atoms with Crippen LogP contribution >= 0.6 is 0 Å². The van der Waals surface area contributed by atoms with E-state index in [1.165, 1.54) is 18.0 Å². The van der Waals surface area contributed by atoms with Gasteiger partial charge in [0.1, 0.15) is 17.4 Å². The Morgan fingerprint density at radius 2 is 1.97 bits per heavy atom. The first-order valence-electron chi connectivity index (χ1n) is 11.0. The second kappa shape index (κ2) is 9.98. The highest BCUT2D eigenvalue weighted by Gasteiger charge is 2.26. The van der Waals surface area contributed by atoms with Crippen LogP contribution in [0.1, 0.15) is 74.5 Å². The number of rotatable bonds is 10. The molecule has 1 aliphatic heterocycles. The molecule has 0 unspecified atom stereocenters. The molecule has 7 nitrogen and oxygen atoms in total. The number of hydrogen-bond acceptors (Lipinski definition) is 6. The number of carboxylic acids is 1. The molecule has 0 aliphatic carbocycles. The molecule has 2 aromatic rings. The Kier molecular flexibility index (Phi) is 7.36. The first-order valence-corrected chi connectivity index (χ1v) is 11.0. The number of aliphatic carboxylic acids is 1. The fraction of sp³-hybridized carbons (Fsp3) is 0.542. The van der Waals surface area contributed by atoms with Crippen LogP contribution in [0.25, 0.3) is 0 Å². The van der Waals surface area contributed by atoms with Gasteiger partial charge in [0.05, 0.1) is 5.92 Å². The summed E-state index contributed by atoms with van der Waals surface area (Å²) >= 11 is 0. The molecule has 1 atom stereocenters. The maximum atomic E-state index is 12.6. The van der Waals surface area contributed by atoms with E-state index in [-0.39, 0.29) is 24.0 Å². The van der Waals surface area contributed by atoms with Gasteiger partial charge in [-0.15, -0.1) is 0 Å². The molecule has 7 heteroatoms. The molecule has 0 bridgehead atoms. The number of hydrogen-bond donors (Lipinski definition) is 2. The zero-order valence-corrected chi connectivity index (χ0v) is 18.6. The number of carbonyl (C=O) groups excluding carboxylic acids is 1. The summed E-state index contributed by atoms with van der Waals surface area (Å²) < 4.78 is 0. The highest BCUT2D eigenvalue weighted by atomic mass is 16.4. The Morgan fingerprint density at radius 3 is 2.68 bits per heavy atom. The lowest BCUT2D eigenvalue weighted by molar-refractivity contribution is -0.139. The van der Waals surface area contributed by atoms with Gasteiger partial charge in [-0.1, -0.05) is 19.9 Å². The number of nitrogens with zero attached hydrogens (tertiary/aromatic N) is 3. The quantitative estimate of drug-likeness (QED) is 0.591. The molecular formula is C24H32N4O3. The van der Waals surface area contributed by atoms with Gasteiger partial charge in [0, 0.05) is 43.0 Å². The fourth-order valence-corrected chi connectivity index (χ4v) is 4.01. The molecule has 31 heavy (non-hydrogen) atoms. The molecule has 0 saturated carbocycles. The van der Waals surface area contributed by atoms with Gasteiger partial charge in [0.2, 0.25) is 0 Å². The van der Waals surface area contributed by atoms with Gasteiger partial charge in [-0.25, -0.2) is 15.0 Å². The van der Waals surface area contributed by atoms with Crippen LogP contribution in [0.4, 0.5) is 5.82 Å². The molecule has 0 amide bonds. The van der Waals surface area contributed by atoms with Crippen LogP contribution in [-0.4, -0.2) is 38.4 Å². The van der Waals surface area contributed by atoms with Crippen molar-refractivity contribution in [2.45, 2.75) is 71.6 Å². The van der Waals surface area contributed by atoms with Crippen molar-refractivity contribution in [1.29, 1.82) is 0 Å². The maximum absolute atomic E-state index is 12.6.